The molecule has 0 aliphatic carbocycles. The highest BCUT2D eigenvalue weighted by Crippen LogP contribution is 2.22. The van der Waals surface area contributed by atoms with Crippen molar-refractivity contribution in [2.45, 2.75) is 5.75 Å². The van der Waals surface area contributed by atoms with Crippen LogP contribution in [-0.2, 0) is 10.5 Å². The number of non-ortho nitro benzene ring substituents is 1. The van der Waals surface area contributed by atoms with Crippen molar-refractivity contribution in [1.29, 1.82) is 0 Å². The molecule has 2 aromatic carbocycles. The lowest BCUT2D eigenvalue weighted by molar-refractivity contribution is -0.384. The topological polar surface area (TPSA) is 93.8 Å². The Kier molecular flexibility index (Phi) is 6.97. The molecule has 7 nitrogen and oxygen atoms in total. The number of methoxy groups -OCH3 is 1. The molecule has 0 radical (unpaired) electrons. The number of thioether (sulfide) groups is 1. The lowest BCUT2D eigenvalue weighted by Gasteiger charge is -2.04. The number of hydrogen-bond donors (Lipinski definition) is 1. The predicted octanol–water partition coefficient (Wildman–Crippen LogP) is 2.99. The van der Waals surface area contributed by atoms with E-state index < -0.39 is 4.92 Å². The Hall–Kier alpha value is -2.87. The van der Waals surface area contributed by atoms with Gasteiger partial charge in [-0.1, -0.05) is 30.3 Å². The van der Waals surface area contributed by atoms with Crippen molar-refractivity contribution < 1.29 is 14.5 Å². The first-order valence-corrected chi connectivity index (χ1v) is 8.51. The smallest absolute Gasteiger partial charge is 0.270 e. The summed E-state index contributed by atoms with van der Waals surface area (Å²) in [4.78, 5) is 22.1. The first-order valence-electron chi connectivity index (χ1n) is 7.36. The molecule has 0 aromatic heterocycles. The lowest BCUT2D eigenvalue weighted by Crippen LogP contribution is -2.19. The van der Waals surface area contributed by atoms with Gasteiger partial charge in [-0.3, -0.25) is 14.9 Å². The van der Waals surface area contributed by atoms with E-state index in [0.717, 1.165) is 11.3 Å². The van der Waals surface area contributed by atoms with Crippen molar-refractivity contribution in [2.75, 3.05) is 12.9 Å². The Morgan fingerprint density at radius 3 is 2.76 bits per heavy atom. The van der Waals surface area contributed by atoms with E-state index in [0.29, 0.717) is 11.3 Å². The van der Waals surface area contributed by atoms with E-state index in [1.54, 1.807) is 0 Å². The van der Waals surface area contributed by atoms with Gasteiger partial charge in [0.2, 0.25) is 5.91 Å². The number of hydrogen-bond acceptors (Lipinski definition) is 6. The van der Waals surface area contributed by atoms with Crippen molar-refractivity contribution in [3.63, 3.8) is 0 Å². The Morgan fingerprint density at radius 2 is 2.08 bits per heavy atom. The van der Waals surface area contributed by atoms with Gasteiger partial charge < -0.3 is 4.74 Å². The highest BCUT2D eigenvalue weighted by atomic mass is 32.2. The number of carbonyl (C=O) groups is 1. The fourth-order valence-electron chi connectivity index (χ4n) is 1.98. The number of amides is 1. The number of nitrogens with zero attached hydrogens (tertiary/aromatic N) is 2. The number of hydrazone groups is 1. The summed E-state index contributed by atoms with van der Waals surface area (Å²) in [6.45, 7) is 0. The minimum atomic E-state index is -0.504. The highest BCUT2D eigenvalue weighted by molar-refractivity contribution is 7.99. The number of ether oxygens (including phenoxy) is 1. The van der Waals surface area contributed by atoms with Gasteiger partial charge in [0.1, 0.15) is 5.75 Å². The fraction of sp³-hybridized carbons (Fsp3) is 0.176. The molecule has 0 bridgehead atoms. The second-order valence-electron chi connectivity index (χ2n) is 4.95. The van der Waals surface area contributed by atoms with Crippen molar-refractivity contribution in [3.05, 3.63) is 69.8 Å². The minimum absolute atomic E-state index is 0.0769. The van der Waals surface area contributed by atoms with Crippen molar-refractivity contribution in [2.24, 2.45) is 5.10 Å². The number of rotatable bonds is 8. The van der Waals surface area contributed by atoms with Gasteiger partial charge in [0, 0.05) is 23.4 Å². The molecular formula is C17H17N3O4S. The van der Waals surface area contributed by atoms with Crippen LogP contribution in [0, 0.1) is 10.1 Å². The molecule has 0 saturated heterocycles. The quantitative estimate of drug-likeness (QED) is 0.444. The molecule has 1 N–H and O–H groups in total. The highest BCUT2D eigenvalue weighted by Gasteiger charge is 2.10. The fourth-order valence-corrected chi connectivity index (χ4v) is 2.76. The molecule has 0 aliphatic rings. The van der Waals surface area contributed by atoms with Crippen molar-refractivity contribution >= 4 is 29.6 Å². The number of nitro groups is 1. The molecule has 0 spiro atoms. The van der Waals surface area contributed by atoms with Gasteiger partial charge in [-0.25, -0.2) is 5.43 Å². The molecule has 0 saturated carbocycles. The zero-order chi connectivity index (χ0) is 18.1. The molecule has 8 heteroatoms. The molecule has 0 heterocycles. The van der Waals surface area contributed by atoms with E-state index in [4.69, 9.17) is 4.74 Å². The Morgan fingerprint density at radius 1 is 1.32 bits per heavy atom. The van der Waals surface area contributed by atoms with E-state index in [1.807, 2.05) is 30.3 Å². The molecule has 1 amide bonds. The third kappa shape index (κ3) is 5.92. The average Bonchev–Trinajstić information content (AvgIpc) is 2.62. The van der Waals surface area contributed by atoms with Crippen LogP contribution < -0.4 is 10.2 Å². The van der Waals surface area contributed by atoms with Crippen molar-refractivity contribution in [3.8, 4) is 5.75 Å². The van der Waals surface area contributed by atoms with Crippen LogP contribution in [0.5, 0.6) is 5.75 Å². The molecule has 0 fully saturated rings. The van der Waals surface area contributed by atoms with Crippen LogP contribution >= 0.6 is 11.8 Å². The molecule has 25 heavy (non-hydrogen) atoms. The summed E-state index contributed by atoms with van der Waals surface area (Å²) in [5.41, 5.74) is 3.88. The van der Waals surface area contributed by atoms with Crippen LogP contribution in [0.2, 0.25) is 0 Å². The first kappa shape index (κ1) is 18.5. The summed E-state index contributed by atoms with van der Waals surface area (Å²) >= 11 is 1.47. The lowest BCUT2D eigenvalue weighted by atomic mass is 10.2. The zero-order valence-corrected chi connectivity index (χ0v) is 14.4. The monoisotopic (exact) mass is 359 g/mol. The SMILES string of the molecule is COc1ccc([N+](=O)[O-])cc1/C=N\NC(=O)CSCc1ccccc1. The first-order chi connectivity index (χ1) is 12.1. The second kappa shape index (κ2) is 9.43. The number of nitro benzene ring substituents is 1. The maximum Gasteiger partial charge on any atom is 0.270 e. The number of nitrogens with one attached hydrogen (secondary N) is 1. The van der Waals surface area contributed by atoms with E-state index in [9.17, 15) is 14.9 Å². The van der Waals surface area contributed by atoms with E-state index in [2.05, 4.69) is 10.5 Å². The van der Waals surface area contributed by atoms with Gasteiger partial charge in [0.15, 0.2) is 0 Å². The third-order valence-corrected chi connectivity index (χ3v) is 4.17. The second-order valence-corrected chi connectivity index (χ2v) is 5.94. The van der Waals surface area contributed by atoms with Crippen LogP contribution in [0.25, 0.3) is 0 Å². The average molecular weight is 359 g/mol. The van der Waals surface area contributed by atoms with E-state index >= 15 is 0 Å². The predicted molar refractivity (Wildman–Crippen MR) is 98.0 cm³/mol. The molecule has 0 aliphatic heterocycles. The Balaban J connectivity index is 1.86. The van der Waals surface area contributed by atoms with Gasteiger partial charge in [-0.15, -0.1) is 11.8 Å². The molecule has 2 rings (SSSR count). The molecule has 130 valence electrons. The van der Waals surface area contributed by atoms with Gasteiger partial charge in [-0.05, 0) is 11.6 Å². The van der Waals surface area contributed by atoms with Crippen LogP contribution in [0.1, 0.15) is 11.1 Å². The van der Waals surface area contributed by atoms with Gasteiger partial charge in [-0.2, -0.15) is 5.10 Å². The summed E-state index contributed by atoms with van der Waals surface area (Å²) in [5, 5.41) is 14.7. The summed E-state index contributed by atoms with van der Waals surface area (Å²) in [6, 6.07) is 14.0. The van der Waals surface area contributed by atoms with Crippen LogP contribution in [-0.4, -0.2) is 29.9 Å². The molecule has 0 unspecified atom stereocenters. The zero-order valence-electron chi connectivity index (χ0n) is 13.5. The van der Waals surface area contributed by atoms with E-state index in [-0.39, 0.29) is 17.3 Å². The van der Waals surface area contributed by atoms with Crippen LogP contribution in [0.4, 0.5) is 5.69 Å². The maximum atomic E-state index is 11.8. The molecule has 0 atom stereocenters. The summed E-state index contributed by atoms with van der Waals surface area (Å²) in [7, 11) is 1.46. The van der Waals surface area contributed by atoms with Crippen molar-refractivity contribution in [1.82, 2.24) is 5.43 Å². The van der Waals surface area contributed by atoms with Crippen LogP contribution in [0.3, 0.4) is 0 Å². The Labute approximate surface area is 149 Å². The number of carbonyl (C=O) groups excluding carboxylic acids is 1. The van der Waals surface area contributed by atoms with Gasteiger partial charge in [0.05, 0.1) is 24.0 Å². The van der Waals surface area contributed by atoms with Gasteiger partial charge in [0.25, 0.3) is 5.69 Å². The maximum absolute atomic E-state index is 11.8. The molecule has 2 aromatic rings. The Bertz CT molecular complexity index is 766. The summed E-state index contributed by atoms with van der Waals surface area (Å²) < 4.78 is 5.12. The molecular weight excluding hydrogens is 342 g/mol. The number of benzene rings is 2. The standard InChI is InChI=1S/C17H17N3O4S/c1-24-16-8-7-15(20(22)23)9-14(16)10-18-19-17(21)12-25-11-13-5-3-2-4-6-13/h2-10H,11-12H2,1H3,(H,19,21)/b18-10-. The van der Waals surface area contributed by atoms with Gasteiger partial charge >= 0.3 is 0 Å². The van der Waals surface area contributed by atoms with Crippen LogP contribution in [0.15, 0.2) is 53.6 Å². The third-order valence-electron chi connectivity index (χ3n) is 3.16. The summed E-state index contributed by atoms with van der Waals surface area (Å²) in [6.07, 6.45) is 1.32. The van der Waals surface area contributed by atoms with E-state index in [1.165, 1.54) is 43.3 Å². The normalized spacial score (nSPS) is 10.6. The minimum Gasteiger partial charge on any atom is -0.496 e. The largest absolute Gasteiger partial charge is 0.496 e. The summed E-state index contributed by atoms with van der Waals surface area (Å²) in [5.74, 6) is 1.18.